The number of nitrogens with zero attached hydrogens (tertiary/aromatic N) is 4. The summed E-state index contributed by atoms with van der Waals surface area (Å²) in [5.74, 6) is 2.52. The molecule has 0 saturated carbocycles. The molecule has 13 heteroatoms. The van der Waals surface area contributed by atoms with Gasteiger partial charge in [0, 0.05) is 63.2 Å². The number of piperazine rings is 1. The molecule has 0 radical (unpaired) electrons. The minimum atomic E-state index is -0.348. The summed E-state index contributed by atoms with van der Waals surface area (Å²) in [4.78, 5) is 36.2. The van der Waals surface area contributed by atoms with Crippen LogP contribution in [0.1, 0.15) is 15.9 Å². The summed E-state index contributed by atoms with van der Waals surface area (Å²) in [5, 5.41) is 3.43. The molecule has 3 aromatic carbocycles. The quantitative estimate of drug-likeness (QED) is 0.218. The van der Waals surface area contributed by atoms with Gasteiger partial charge in [0.2, 0.25) is 18.6 Å². The number of carbonyl (C=O) groups excluding carboxylic acids is 2. The van der Waals surface area contributed by atoms with Gasteiger partial charge in [-0.05, 0) is 54.1 Å². The Morgan fingerprint density at radius 3 is 2.47 bits per heavy atom. The SMILES string of the molecule is COc1cc(N(C)CC(=O)N2CCN(Cc3ccc4c(c3)OCO4)CC2)ccc1Oc1ccc(NC(=O)c2ccc(Cl)c(Cl)c2)cn1. The summed E-state index contributed by atoms with van der Waals surface area (Å²) in [7, 11) is 3.42. The van der Waals surface area contributed by atoms with E-state index in [1.807, 2.05) is 41.1 Å². The van der Waals surface area contributed by atoms with Gasteiger partial charge in [-0.2, -0.15) is 0 Å². The van der Waals surface area contributed by atoms with E-state index in [0.717, 1.165) is 42.4 Å². The van der Waals surface area contributed by atoms with Crippen LogP contribution in [0, 0.1) is 0 Å². The molecule has 0 unspecified atom stereocenters. The average Bonchev–Trinajstić information content (AvgIpc) is 3.55. The molecule has 2 aliphatic rings. The van der Waals surface area contributed by atoms with Crippen molar-refractivity contribution in [2.75, 3.05) is 63.9 Å². The van der Waals surface area contributed by atoms with Crippen molar-refractivity contribution < 1.29 is 28.5 Å². The van der Waals surface area contributed by atoms with E-state index in [4.69, 9.17) is 42.1 Å². The molecular formula is C34H33Cl2N5O6. The molecule has 0 aliphatic carbocycles. The first kappa shape index (κ1) is 32.2. The molecule has 1 aromatic heterocycles. The van der Waals surface area contributed by atoms with Crippen LogP contribution in [0.15, 0.2) is 72.9 Å². The van der Waals surface area contributed by atoms with Gasteiger partial charge >= 0.3 is 0 Å². The van der Waals surface area contributed by atoms with E-state index in [2.05, 4.69) is 21.3 Å². The van der Waals surface area contributed by atoms with E-state index in [9.17, 15) is 9.59 Å². The number of amides is 2. The lowest BCUT2D eigenvalue weighted by atomic mass is 10.1. The van der Waals surface area contributed by atoms with E-state index in [1.54, 1.807) is 37.4 Å². The van der Waals surface area contributed by atoms with E-state index in [-0.39, 0.29) is 25.2 Å². The van der Waals surface area contributed by atoms with Gasteiger partial charge in [0.15, 0.2) is 23.0 Å². The predicted molar refractivity (Wildman–Crippen MR) is 179 cm³/mol. The van der Waals surface area contributed by atoms with Crippen LogP contribution >= 0.6 is 23.2 Å². The molecule has 1 fully saturated rings. The molecule has 2 aliphatic heterocycles. The van der Waals surface area contributed by atoms with Gasteiger partial charge in [-0.3, -0.25) is 14.5 Å². The normalized spacial score (nSPS) is 14.1. The lowest BCUT2D eigenvalue weighted by Gasteiger charge is -2.35. The van der Waals surface area contributed by atoms with E-state index in [1.165, 1.54) is 12.3 Å². The largest absolute Gasteiger partial charge is 0.493 e. The van der Waals surface area contributed by atoms with Crippen LogP contribution in [-0.4, -0.2) is 80.3 Å². The third-order valence-corrected chi connectivity index (χ3v) is 8.66. The van der Waals surface area contributed by atoms with Gasteiger partial charge in [0.05, 0.1) is 35.6 Å². The van der Waals surface area contributed by atoms with Crippen molar-refractivity contribution in [3.05, 3.63) is 94.1 Å². The van der Waals surface area contributed by atoms with Crippen molar-refractivity contribution in [2.24, 2.45) is 0 Å². The number of halogens is 2. The van der Waals surface area contributed by atoms with Crippen LogP contribution in [0.25, 0.3) is 0 Å². The molecule has 2 amide bonds. The summed E-state index contributed by atoms with van der Waals surface area (Å²) in [6, 6.07) is 19.4. The fourth-order valence-corrected chi connectivity index (χ4v) is 5.59. The maximum absolute atomic E-state index is 13.2. The lowest BCUT2D eigenvalue weighted by Crippen LogP contribution is -2.50. The Bertz CT molecular complexity index is 1760. The Hall–Kier alpha value is -4.71. The zero-order valence-electron chi connectivity index (χ0n) is 25.9. The first-order valence-electron chi connectivity index (χ1n) is 14.9. The predicted octanol–water partition coefficient (Wildman–Crippen LogP) is 5.95. The average molecular weight is 679 g/mol. The second-order valence-corrected chi connectivity index (χ2v) is 11.9. The minimum absolute atomic E-state index is 0.0602. The third-order valence-electron chi connectivity index (χ3n) is 7.92. The second kappa shape index (κ2) is 14.4. The van der Waals surface area contributed by atoms with Crippen molar-refractivity contribution in [3.63, 3.8) is 0 Å². The van der Waals surface area contributed by atoms with Crippen LogP contribution in [0.4, 0.5) is 11.4 Å². The Labute approximate surface area is 282 Å². The van der Waals surface area contributed by atoms with Crippen LogP contribution in [0.3, 0.4) is 0 Å². The van der Waals surface area contributed by atoms with Gasteiger partial charge in [-0.25, -0.2) is 4.98 Å². The first-order chi connectivity index (χ1) is 22.7. The number of hydrogen-bond donors (Lipinski definition) is 1. The van der Waals surface area contributed by atoms with E-state index < -0.39 is 0 Å². The number of rotatable bonds is 10. The van der Waals surface area contributed by atoms with Gasteiger partial charge in [0.25, 0.3) is 5.91 Å². The Morgan fingerprint density at radius 2 is 1.72 bits per heavy atom. The second-order valence-electron chi connectivity index (χ2n) is 11.1. The van der Waals surface area contributed by atoms with Gasteiger partial charge in [-0.15, -0.1) is 0 Å². The number of benzene rings is 3. The van der Waals surface area contributed by atoms with Gasteiger partial charge in [0.1, 0.15) is 0 Å². The molecule has 11 nitrogen and oxygen atoms in total. The summed E-state index contributed by atoms with van der Waals surface area (Å²) < 4.78 is 22.5. The maximum Gasteiger partial charge on any atom is 0.255 e. The topological polar surface area (TPSA) is 106 Å². The molecule has 0 spiro atoms. The summed E-state index contributed by atoms with van der Waals surface area (Å²) in [6.07, 6.45) is 1.49. The fraction of sp³-hybridized carbons (Fsp3) is 0.265. The highest BCUT2D eigenvalue weighted by atomic mass is 35.5. The summed E-state index contributed by atoms with van der Waals surface area (Å²) in [6.45, 7) is 4.20. The van der Waals surface area contributed by atoms with Crippen LogP contribution in [-0.2, 0) is 11.3 Å². The first-order valence-corrected chi connectivity index (χ1v) is 15.7. The van der Waals surface area contributed by atoms with Crippen molar-refractivity contribution in [2.45, 2.75) is 6.54 Å². The van der Waals surface area contributed by atoms with E-state index >= 15 is 0 Å². The van der Waals surface area contributed by atoms with Crippen LogP contribution < -0.4 is 29.2 Å². The molecule has 1 N–H and O–H groups in total. The van der Waals surface area contributed by atoms with Gasteiger partial charge < -0.3 is 34.1 Å². The highest BCUT2D eigenvalue weighted by molar-refractivity contribution is 6.42. The van der Waals surface area contributed by atoms with E-state index in [0.29, 0.717) is 51.8 Å². The number of nitrogens with one attached hydrogen (secondary N) is 1. The van der Waals surface area contributed by atoms with Crippen molar-refractivity contribution in [1.82, 2.24) is 14.8 Å². The third kappa shape index (κ3) is 7.82. The number of carbonyl (C=O) groups is 2. The highest BCUT2D eigenvalue weighted by Gasteiger charge is 2.23. The van der Waals surface area contributed by atoms with Crippen molar-refractivity contribution in [1.29, 1.82) is 0 Å². The maximum atomic E-state index is 13.2. The lowest BCUT2D eigenvalue weighted by molar-refractivity contribution is -0.131. The summed E-state index contributed by atoms with van der Waals surface area (Å²) >= 11 is 12.0. The Morgan fingerprint density at radius 1 is 0.915 bits per heavy atom. The number of methoxy groups -OCH3 is 1. The van der Waals surface area contributed by atoms with Crippen LogP contribution in [0.2, 0.25) is 10.0 Å². The summed E-state index contributed by atoms with van der Waals surface area (Å²) in [5.41, 5.74) is 2.81. The Balaban J connectivity index is 0.996. The monoisotopic (exact) mass is 677 g/mol. The number of pyridine rings is 1. The molecule has 6 rings (SSSR count). The highest BCUT2D eigenvalue weighted by Crippen LogP contribution is 2.35. The van der Waals surface area contributed by atoms with Crippen molar-refractivity contribution >= 4 is 46.4 Å². The number of hydrogen-bond acceptors (Lipinski definition) is 9. The number of anilines is 2. The number of fused-ring (bicyclic) bond motifs is 1. The molecule has 1 saturated heterocycles. The van der Waals surface area contributed by atoms with Crippen molar-refractivity contribution in [3.8, 4) is 28.9 Å². The molecular weight excluding hydrogens is 645 g/mol. The number of ether oxygens (including phenoxy) is 4. The zero-order chi connectivity index (χ0) is 32.9. The number of likely N-dealkylation sites (N-methyl/N-ethyl adjacent to an activating group) is 1. The molecule has 4 aromatic rings. The zero-order valence-corrected chi connectivity index (χ0v) is 27.4. The Kier molecular flexibility index (Phi) is 9.86. The molecule has 0 bridgehead atoms. The molecule has 0 atom stereocenters. The fourth-order valence-electron chi connectivity index (χ4n) is 5.29. The molecule has 3 heterocycles. The van der Waals surface area contributed by atoms with Gasteiger partial charge in [-0.1, -0.05) is 29.3 Å². The molecule has 47 heavy (non-hydrogen) atoms. The molecule has 244 valence electrons. The smallest absolute Gasteiger partial charge is 0.255 e. The standard InChI is InChI=1S/C34H33Cl2N5O6/c1-39(20-33(42)41-13-11-40(12-14-41)19-22-3-8-28-31(15-22)46-21-45-28)25-6-9-29(30(17-25)44-2)47-32-10-5-24(18-37-32)38-34(43)23-4-7-26(35)27(36)16-23/h3-10,15-18H,11-14,19-21H2,1-2H3,(H,38,43). The minimum Gasteiger partial charge on any atom is -0.493 e. The van der Waals surface area contributed by atoms with Crippen LogP contribution in [0.5, 0.6) is 28.9 Å². The number of aromatic nitrogens is 1.